The van der Waals surface area contributed by atoms with E-state index in [1.165, 1.54) is 0 Å². The molecule has 0 aliphatic rings. The number of carbonyl (C=O) groups excluding carboxylic acids is 1. The molecule has 0 saturated carbocycles. The van der Waals surface area contributed by atoms with Gasteiger partial charge in [-0.2, -0.15) is 0 Å². The highest BCUT2D eigenvalue weighted by Crippen LogP contribution is 2.25. The lowest BCUT2D eigenvalue weighted by Gasteiger charge is -2.06. The van der Waals surface area contributed by atoms with Crippen LogP contribution in [-0.4, -0.2) is 5.78 Å². The van der Waals surface area contributed by atoms with Crippen molar-refractivity contribution in [2.24, 2.45) is 0 Å². The van der Waals surface area contributed by atoms with Crippen molar-refractivity contribution in [2.45, 2.75) is 0 Å². The number of hydrogen-bond donors (Lipinski definition) is 0. The molecule has 0 heterocycles. The number of halogens is 5. The van der Waals surface area contributed by atoms with Gasteiger partial charge in [0.05, 0.1) is 15.1 Å². The van der Waals surface area contributed by atoms with E-state index in [-0.39, 0.29) is 15.1 Å². The maximum absolute atomic E-state index is 13.8. The maximum atomic E-state index is 13.8. The predicted molar refractivity (Wildman–Crippen MR) is 68.9 cm³/mol. The van der Waals surface area contributed by atoms with Gasteiger partial charge in [0.15, 0.2) is 11.6 Å². The minimum Gasteiger partial charge on any atom is -0.288 e. The summed E-state index contributed by atoms with van der Waals surface area (Å²) in [6, 6.07) is 5.22. The third-order valence-electron chi connectivity index (χ3n) is 2.45. The smallest absolute Gasteiger partial charge is 0.199 e. The highest BCUT2D eigenvalue weighted by atomic mass is 79.9. The van der Waals surface area contributed by atoms with E-state index in [9.17, 15) is 18.0 Å². The molecule has 0 fully saturated rings. The van der Waals surface area contributed by atoms with Crippen LogP contribution < -0.4 is 0 Å². The van der Waals surface area contributed by atoms with Crippen LogP contribution in [0, 0.1) is 17.5 Å². The largest absolute Gasteiger partial charge is 0.288 e. The summed E-state index contributed by atoms with van der Waals surface area (Å²) in [6.07, 6.45) is 0. The summed E-state index contributed by atoms with van der Waals surface area (Å²) in [4.78, 5) is 12.0. The van der Waals surface area contributed by atoms with Gasteiger partial charge in [-0.05, 0) is 46.3 Å². The Labute approximate surface area is 120 Å². The topological polar surface area (TPSA) is 17.1 Å². The van der Waals surface area contributed by atoms with Crippen LogP contribution in [0.4, 0.5) is 13.2 Å². The average molecular weight is 350 g/mol. The van der Waals surface area contributed by atoms with E-state index in [0.29, 0.717) is 0 Å². The van der Waals surface area contributed by atoms with Crippen LogP contribution in [0.3, 0.4) is 0 Å². The molecule has 0 aromatic heterocycles. The van der Waals surface area contributed by atoms with Crippen LogP contribution >= 0.6 is 27.5 Å². The van der Waals surface area contributed by atoms with Crippen molar-refractivity contribution in [1.82, 2.24) is 0 Å². The Hall–Kier alpha value is -1.33. The van der Waals surface area contributed by atoms with E-state index < -0.39 is 28.8 Å². The summed E-state index contributed by atoms with van der Waals surface area (Å²) in [5.74, 6) is -3.62. The van der Waals surface area contributed by atoms with Gasteiger partial charge in [-0.25, -0.2) is 13.2 Å². The monoisotopic (exact) mass is 348 g/mol. The summed E-state index contributed by atoms with van der Waals surface area (Å²) in [6.45, 7) is 0. The summed E-state index contributed by atoms with van der Waals surface area (Å²) >= 11 is 8.40. The fourth-order valence-electron chi connectivity index (χ4n) is 1.52. The zero-order valence-corrected chi connectivity index (χ0v) is 11.5. The van der Waals surface area contributed by atoms with E-state index in [0.717, 1.165) is 30.3 Å². The number of carbonyl (C=O) groups is 1. The SMILES string of the molecule is O=C(c1ccc(F)c(Cl)c1)c1c(F)ccc(Br)c1F. The van der Waals surface area contributed by atoms with Crippen molar-refractivity contribution in [3.05, 3.63) is 68.4 Å². The Kier molecular flexibility index (Phi) is 3.96. The molecule has 0 aliphatic heterocycles. The van der Waals surface area contributed by atoms with Gasteiger partial charge in [-0.15, -0.1) is 0 Å². The van der Waals surface area contributed by atoms with E-state index in [2.05, 4.69) is 15.9 Å². The van der Waals surface area contributed by atoms with Crippen LogP contribution in [0.25, 0.3) is 0 Å². The van der Waals surface area contributed by atoms with Gasteiger partial charge >= 0.3 is 0 Å². The predicted octanol–water partition coefficient (Wildman–Crippen LogP) is 4.75. The highest BCUT2D eigenvalue weighted by molar-refractivity contribution is 9.10. The number of hydrogen-bond acceptors (Lipinski definition) is 1. The van der Waals surface area contributed by atoms with Gasteiger partial charge in [0.1, 0.15) is 11.6 Å². The molecule has 0 amide bonds. The van der Waals surface area contributed by atoms with Crippen LogP contribution in [0.2, 0.25) is 5.02 Å². The molecule has 0 bridgehead atoms. The molecule has 2 aromatic rings. The molecular weight excluding hydrogens is 344 g/mol. The first-order valence-corrected chi connectivity index (χ1v) is 6.22. The first kappa shape index (κ1) is 14.1. The minimum absolute atomic E-state index is 0.0366. The second kappa shape index (κ2) is 5.35. The van der Waals surface area contributed by atoms with Gasteiger partial charge in [-0.3, -0.25) is 4.79 Å². The average Bonchev–Trinajstić information content (AvgIpc) is 2.37. The standard InChI is InChI=1S/C13H5BrClF3O/c14-7-2-4-10(17)11(12(7)18)13(19)6-1-3-9(16)8(15)5-6/h1-5H. The number of benzene rings is 2. The van der Waals surface area contributed by atoms with E-state index in [1.807, 2.05) is 0 Å². The fraction of sp³-hybridized carbons (Fsp3) is 0. The molecule has 0 unspecified atom stereocenters. The maximum Gasteiger partial charge on any atom is 0.199 e. The van der Waals surface area contributed by atoms with Crippen LogP contribution in [0.5, 0.6) is 0 Å². The van der Waals surface area contributed by atoms with Crippen molar-refractivity contribution < 1.29 is 18.0 Å². The van der Waals surface area contributed by atoms with Gasteiger partial charge in [0, 0.05) is 5.56 Å². The second-order valence-electron chi connectivity index (χ2n) is 3.68. The Balaban J connectivity index is 2.56. The first-order chi connectivity index (χ1) is 8.91. The molecule has 0 aliphatic carbocycles. The van der Waals surface area contributed by atoms with Crippen molar-refractivity contribution in [3.63, 3.8) is 0 Å². The molecule has 0 N–H and O–H groups in total. The molecule has 0 atom stereocenters. The zero-order valence-electron chi connectivity index (χ0n) is 9.18. The molecular formula is C13H5BrClF3O. The third-order valence-corrected chi connectivity index (χ3v) is 3.35. The quantitative estimate of drug-likeness (QED) is 0.565. The molecule has 1 nitrogen and oxygen atoms in total. The Morgan fingerprint density at radius 2 is 1.68 bits per heavy atom. The zero-order chi connectivity index (χ0) is 14.2. The van der Waals surface area contributed by atoms with Gasteiger partial charge in [0.25, 0.3) is 0 Å². The van der Waals surface area contributed by atoms with Crippen molar-refractivity contribution in [2.75, 3.05) is 0 Å². The number of ketones is 1. The normalized spacial score (nSPS) is 10.6. The van der Waals surface area contributed by atoms with Gasteiger partial charge < -0.3 is 0 Å². The Morgan fingerprint density at radius 1 is 1.05 bits per heavy atom. The fourth-order valence-corrected chi connectivity index (χ4v) is 2.03. The molecule has 2 rings (SSSR count). The lowest BCUT2D eigenvalue weighted by molar-refractivity contribution is 0.103. The molecule has 19 heavy (non-hydrogen) atoms. The van der Waals surface area contributed by atoms with Crippen molar-refractivity contribution >= 4 is 33.3 Å². The molecule has 0 radical (unpaired) electrons. The summed E-state index contributed by atoms with van der Waals surface area (Å²) in [5, 5.41) is -0.290. The molecule has 2 aromatic carbocycles. The summed E-state index contributed by atoms with van der Waals surface area (Å²) in [5.41, 5.74) is -0.806. The third kappa shape index (κ3) is 2.67. The Bertz CT molecular complexity index is 673. The van der Waals surface area contributed by atoms with E-state index >= 15 is 0 Å². The van der Waals surface area contributed by atoms with Crippen molar-refractivity contribution in [1.29, 1.82) is 0 Å². The lowest BCUT2D eigenvalue weighted by Crippen LogP contribution is -2.08. The van der Waals surface area contributed by atoms with Gasteiger partial charge in [-0.1, -0.05) is 11.6 Å². The molecule has 6 heteroatoms. The van der Waals surface area contributed by atoms with Gasteiger partial charge in [0.2, 0.25) is 0 Å². The van der Waals surface area contributed by atoms with Crippen LogP contribution in [0.15, 0.2) is 34.8 Å². The summed E-state index contributed by atoms with van der Waals surface area (Å²) in [7, 11) is 0. The summed E-state index contributed by atoms with van der Waals surface area (Å²) < 4.78 is 40.3. The molecule has 98 valence electrons. The van der Waals surface area contributed by atoms with Crippen LogP contribution in [-0.2, 0) is 0 Å². The Morgan fingerprint density at radius 3 is 2.32 bits per heavy atom. The molecule has 0 saturated heterocycles. The minimum atomic E-state index is -1.01. The van der Waals surface area contributed by atoms with Crippen LogP contribution in [0.1, 0.15) is 15.9 Å². The second-order valence-corrected chi connectivity index (χ2v) is 4.94. The molecule has 0 spiro atoms. The first-order valence-electron chi connectivity index (χ1n) is 5.05. The lowest BCUT2D eigenvalue weighted by atomic mass is 10.0. The number of rotatable bonds is 2. The van der Waals surface area contributed by atoms with E-state index in [4.69, 9.17) is 11.6 Å². The van der Waals surface area contributed by atoms with Crippen molar-refractivity contribution in [3.8, 4) is 0 Å². The van der Waals surface area contributed by atoms with E-state index in [1.54, 1.807) is 0 Å². The highest BCUT2D eigenvalue weighted by Gasteiger charge is 2.21.